The molecule has 0 bridgehead atoms. The minimum absolute atomic E-state index is 0.164. The fourth-order valence-electron chi connectivity index (χ4n) is 3.80. The molecular formula is C18H23ClFNO. The van der Waals surface area contributed by atoms with E-state index in [0.717, 1.165) is 50.3 Å². The summed E-state index contributed by atoms with van der Waals surface area (Å²) in [5.74, 6) is 0.272. The van der Waals surface area contributed by atoms with Crippen molar-refractivity contribution in [3.63, 3.8) is 0 Å². The van der Waals surface area contributed by atoms with E-state index in [4.69, 9.17) is 16.3 Å². The van der Waals surface area contributed by atoms with Crippen LogP contribution in [0.25, 0.3) is 0 Å². The van der Waals surface area contributed by atoms with E-state index in [1.165, 1.54) is 6.07 Å². The summed E-state index contributed by atoms with van der Waals surface area (Å²) in [5, 5.41) is 0.451. The fraction of sp³-hybridized carbons (Fsp3) is 0.556. The summed E-state index contributed by atoms with van der Waals surface area (Å²) in [6.45, 7) is 9.71. The predicted octanol–water partition coefficient (Wildman–Crippen LogP) is 4.25. The third-order valence-electron chi connectivity index (χ3n) is 5.05. The summed E-state index contributed by atoms with van der Waals surface area (Å²) in [6, 6.07) is 5.60. The molecule has 1 aromatic rings. The van der Waals surface area contributed by atoms with E-state index in [9.17, 15) is 4.39 Å². The summed E-state index contributed by atoms with van der Waals surface area (Å²) >= 11 is 5.89. The van der Waals surface area contributed by atoms with Crippen LogP contribution in [0.15, 0.2) is 30.4 Å². The SMILES string of the molecule is C=C(C)C1CN(C2CCOCC2)C[C@H]1c1ccc(Cl)cc1F. The summed E-state index contributed by atoms with van der Waals surface area (Å²) in [6.07, 6.45) is 2.14. The molecule has 2 atom stereocenters. The van der Waals surface area contributed by atoms with Crippen molar-refractivity contribution in [2.75, 3.05) is 26.3 Å². The number of hydrogen-bond donors (Lipinski definition) is 0. The van der Waals surface area contributed by atoms with Gasteiger partial charge in [-0.25, -0.2) is 4.39 Å². The monoisotopic (exact) mass is 323 g/mol. The van der Waals surface area contributed by atoms with Crippen molar-refractivity contribution in [3.8, 4) is 0 Å². The maximum Gasteiger partial charge on any atom is 0.128 e. The van der Waals surface area contributed by atoms with E-state index in [0.29, 0.717) is 17.0 Å². The van der Waals surface area contributed by atoms with Gasteiger partial charge in [-0.15, -0.1) is 0 Å². The van der Waals surface area contributed by atoms with E-state index >= 15 is 0 Å². The van der Waals surface area contributed by atoms with Crippen molar-refractivity contribution in [2.45, 2.75) is 31.7 Å². The average Bonchev–Trinajstić information content (AvgIpc) is 2.93. The molecule has 2 fully saturated rings. The van der Waals surface area contributed by atoms with Gasteiger partial charge >= 0.3 is 0 Å². The second-order valence-electron chi connectivity index (χ2n) is 6.52. The van der Waals surface area contributed by atoms with Gasteiger partial charge in [0.15, 0.2) is 0 Å². The molecular weight excluding hydrogens is 301 g/mol. The standard InChI is InChI=1S/C18H23ClFNO/c1-12(2)16-10-21(14-5-7-22-8-6-14)11-17(16)15-4-3-13(19)9-18(15)20/h3-4,9,14,16-17H,1,5-8,10-11H2,2H3/t16?,17-/m0/s1. The van der Waals surface area contributed by atoms with Crippen molar-refractivity contribution < 1.29 is 9.13 Å². The Kier molecular flexibility index (Phi) is 4.86. The lowest BCUT2D eigenvalue weighted by Gasteiger charge is -2.31. The first-order valence-corrected chi connectivity index (χ1v) is 8.36. The minimum atomic E-state index is -0.197. The van der Waals surface area contributed by atoms with Crippen molar-refractivity contribution in [3.05, 3.63) is 46.8 Å². The molecule has 0 amide bonds. The highest BCUT2D eigenvalue weighted by Gasteiger charge is 2.38. The van der Waals surface area contributed by atoms with Crippen molar-refractivity contribution in [1.29, 1.82) is 0 Å². The second-order valence-corrected chi connectivity index (χ2v) is 6.96. The largest absolute Gasteiger partial charge is 0.381 e. The van der Waals surface area contributed by atoms with Gasteiger partial charge < -0.3 is 4.74 Å². The molecule has 3 rings (SSSR count). The molecule has 2 aliphatic heterocycles. The zero-order valence-electron chi connectivity index (χ0n) is 13.0. The van der Waals surface area contributed by atoms with Crippen LogP contribution in [0.3, 0.4) is 0 Å². The maximum atomic E-state index is 14.4. The van der Waals surface area contributed by atoms with Crippen LogP contribution >= 0.6 is 11.6 Å². The van der Waals surface area contributed by atoms with E-state index in [1.807, 2.05) is 6.07 Å². The van der Waals surface area contributed by atoms with E-state index < -0.39 is 0 Å². The number of rotatable bonds is 3. The average molecular weight is 324 g/mol. The van der Waals surface area contributed by atoms with Crippen LogP contribution in [-0.2, 0) is 4.74 Å². The van der Waals surface area contributed by atoms with E-state index in [-0.39, 0.29) is 11.7 Å². The zero-order chi connectivity index (χ0) is 15.7. The summed E-state index contributed by atoms with van der Waals surface area (Å²) in [5.41, 5.74) is 1.90. The summed E-state index contributed by atoms with van der Waals surface area (Å²) in [7, 11) is 0. The number of benzene rings is 1. The van der Waals surface area contributed by atoms with Crippen LogP contribution in [0.5, 0.6) is 0 Å². The van der Waals surface area contributed by atoms with Gasteiger partial charge in [0.05, 0.1) is 0 Å². The first kappa shape index (κ1) is 16.0. The smallest absolute Gasteiger partial charge is 0.128 e. The quantitative estimate of drug-likeness (QED) is 0.771. The Morgan fingerprint density at radius 1 is 1.32 bits per heavy atom. The molecule has 0 saturated carbocycles. The lowest BCUT2D eigenvalue weighted by Crippen LogP contribution is -2.38. The molecule has 0 radical (unpaired) electrons. The number of hydrogen-bond acceptors (Lipinski definition) is 2. The van der Waals surface area contributed by atoms with Crippen LogP contribution in [-0.4, -0.2) is 37.2 Å². The number of ether oxygens (including phenoxy) is 1. The second kappa shape index (κ2) is 6.69. The van der Waals surface area contributed by atoms with Crippen molar-refractivity contribution >= 4 is 11.6 Å². The Morgan fingerprint density at radius 3 is 2.68 bits per heavy atom. The third kappa shape index (κ3) is 3.22. The van der Waals surface area contributed by atoms with E-state index in [1.54, 1.807) is 6.07 Å². The molecule has 2 saturated heterocycles. The molecule has 4 heteroatoms. The topological polar surface area (TPSA) is 12.5 Å². The molecule has 1 aromatic carbocycles. The normalized spacial score (nSPS) is 27.2. The van der Waals surface area contributed by atoms with Gasteiger partial charge in [-0.05, 0) is 37.5 Å². The molecule has 0 spiro atoms. The lowest BCUT2D eigenvalue weighted by atomic mass is 9.85. The molecule has 2 nitrogen and oxygen atoms in total. The van der Waals surface area contributed by atoms with Crippen LogP contribution in [0.4, 0.5) is 4.39 Å². The van der Waals surface area contributed by atoms with Gasteiger partial charge in [0.2, 0.25) is 0 Å². The Morgan fingerprint density at radius 2 is 2.05 bits per heavy atom. The number of halogens is 2. The van der Waals surface area contributed by atoms with Gasteiger partial charge in [-0.3, -0.25) is 4.90 Å². The lowest BCUT2D eigenvalue weighted by molar-refractivity contribution is 0.0412. The first-order chi connectivity index (χ1) is 10.6. The van der Waals surface area contributed by atoms with Crippen molar-refractivity contribution in [1.82, 2.24) is 4.90 Å². The summed E-state index contributed by atoms with van der Waals surface area (Å²) < 4.78 is 19.8. The Labute approximate surface area is 136 Å². The molecule has 1 unspecified atom stereocenters. The molecule has 0 aliphatic carbocycles. The zero-order valence-corrected chi connectivity index (χ0v) is 13.8. The minimum Gasteiger partial charge on any atom is -0.381 e. The van der Waals surface area contributed by atoms with Gasteiger partial charge in [-0.2, -0.15) is 0 Å². The first-order valence-electron chi connectivity index (χ1n) is 7.98. The van der Waals surface area contributed by atoms with Gasteiger partial charge in [0, 0.05) is 49.2 Å². The highest BCUT2D eigenvalue weighted by molar-refractivity contribution is 6.30. The third-order valence-corrected chi connectivity index (χ3v) is 5.29. The Hall–Kier alpha value is -0.900. The molecule has 22 heavy (non-hydrogen) atoms. The van der Waals surface area contributed by atoms with E-state index in [2.05, 4.69) is 18.4 Å². The molecule has 2 aliphatic rings. The van der Waals surface area contributed by atoms with Crippen molar-refractivity contribution in [2.24, 2.45) is 5.92 Å². The molecule has 0 N–H and O–H groups in total. The van der Waals surface area contributed by atoms with Gasteiger partial charge in [0.25, 0.3) is 0 Å². The number of nitrogens with zero attached hydrogens (tertiary/aromatic N) is 1. The predicted molar refractivity (Wildman–Crippen MR) is 87.9 cm³/mol. The maximum absolute atomic E-state index is 14.4. The molecule has 0 aromatic heterocycles. The summed E-state index contributed by atoms with van der Waals surface area (Å²) in [4.78, 5) is 2.50. The van der Waals surface area contributed by atoms with Crippen LogP contribution in [0.1, 0.15) is 31.2 Å². The number of likely N-dealkylation sites (tertiary alicyclic amines) is 1. The van der Waals surface area contributed by atoms with Crippen LogP contribution in [0.2, 0.25) is 5.02 Å². The molecule has 120 valence electrons. The highest BCUT2D eigenvalue weighted by Crippen LogP contribution is 2.39. The van der Waals surface area contributed by atoms with Crippen LogP contribution in [0, 0.1) is 11.7 Å². The fourth-order valence-corrected chi connectivity index (χ4v) is 3.96. The van der Waals surface area contributed by atoms with Gasteiger partial charge in [-0.1, -0.05) is 29.8 Å². The molecule has 2 heterocycles. The Balaban J connectivity index is 1.83. The van der Waals surface area contributed by atoms with Crippen LogP contribution < -0.4 is 0 Å². The Bertz CT molecular complexity index is 556. The highest BCUT2D eigenvalue weighted by atomic mass is 35.5. The van der Waals surface area contributed by atoms with Gasteiger partial charge in [0.1, 0.15) is 5.82 Å².